The van der Waals surface area contributed by atoms with Crippen LogP contribution in [0.25, 0.3) is 12.2 Å². The van der Waals surface area contributed by atoms with Gasteiger partial charge in [-0.2, -0.15) is 4.98 Å². The van der Waals surface area contributed by atoms with E-state index < -0.39 is 7.60 Å². The zero-order chi connectivity index (χ0) is 22.1. The maximum atomic E-state index is 13.4. The van der Waals surface area contributed by atoms with Crippen molar-refractivity contribution >= 4 is 31.1 Å². The highest BCUT2D eigenvalue weighted by atomic mass is 31.2. The molecule has 0 spiro atoms. The summed E-state index contributed by atoms with van der Waals surface area (Å²) in [7, 11) is -2.02. The minimum atomic E-state index is -3.64. The van der Waals surface area contributed by atoms with Gasteiger partial charge in [0.2, 0.25) is 17.2 Å². The zero-order valence-electron chi connectivity index (χ0n) is 17.9. The first kappa shape index (κ1) is 22.8. The summed E-state index contributed by atoms with van der Waals surface area (Å²) in [6.45, 7) is 4.39. The minimum absolute atomic E-state index is 0.137. The lowest BCUT2D eigenvalue weighted by Crippen LogP contribution is -2.16. The van der Waals surface area contributed by atoms with E-state index in [2.05, 4.69) is 10.3 Å². The van der Waals surface area contributed by atoms with E-state index in [1.54, 1.807) is 27.0 Å². The molecule has 0 aliphatic carbocycles. The number of benzene rings is 2. The van der Waals surface area contributed by atoms with Crippen LogP contribution in [0.15, 0.2) is 59.0 Å². The Morgan fingerprint density at radius 3 is 2.29 bits per heavy atom. The summed E-state index contributed by atoms with van der Waals surface area (Å²) in [6, 6.07) is 17.4. The SMILES string of the molecule is CCOP(=O)(OCC)c1nc(/C=C/c2ccccc2)oc1NCc1ccc(OC)cc1. The molecular formula is C23H27N2O5P. The Morgan fingerprint density at radius 1 is 1.00 bits per heavy atom. The molecule has 1 aromatic heterocycles. The molecule has 2 aromatic carbocycles. The topological polar surface area (TPSA) is 82.8 Å². The van der Waals surface area contributed by atoms with Crippen molar-refractivity contribution in [2.45, 2.75) is 20.4 Å². The van der Waals surface area contributed by atoms with Crippen molar-refractivity contribution in [3.8, 4) is 5.75 Å². The van der Waals surface area contributed by atoms with Gasteiger partial charge in [0, 0.05) is 12.6 Å². The zero-order valence-corrected chi connectivity index (χ0v) is 18.8. The summed E-state index contributed by atoms with van der Waals surface area (Å²) in [5.41, 5.74) is 2.12. The molecule has 0 saturated heterocycles. The van der Waals surface area contributed by atoms with Crippen LogP contribution < -0.4 is 15.5 Å². The van der Waals surface area contributed by atoms with Gasteiger partial charge in [-0.15, -0.1) is 0 Å². The van der Waals surface area contributed by atoms with Crippen molar-refractivity contribution in [3.63, 3.8) is 0 Å². The van der Waals surface area contributed by atoms with Gasteiger partial charge >= 0.3 is 7.60 Å². The number of anilines is 1. The van der Waals surface area contributed by atoms with Crippen LogP contribution in [0.4, 0.5) is 5.88 Å². The Balaban J connectivity index is 1.89. The molecule has 0 radical (unpaired) electrons. The van der Waals surface area contributed by atoms with E-state index in [9.17, 15) is 4.57 Å². The van der Waals surface area contributed by atoms with Crippen molar-refractivity contribution in [2.24, 2.45) is 0 Å². The van der Waals surface area contributed by atoms with Crippen molar-refractivity contribution in [3.05, 3.63) is 71.6 Å². The first-order chi connectivity index (χ1) is 15.1. The maximum Gasteiger partial charge on any atom is 0.385 e. The van der Waals surface area contributed by atoms with E-state index in [0.29, 0.717) is 12.4 Å². The van der Waals surface area contributed by atoms with Crippen LogP contribution in [-0.2, 0) is 20.2 Å². The average molecular weight is 442 g/mol. The summed E-state index contributed by atoms with van der Waals surface area (Å²) in [5.74, 6) is 1.33. The lowest BCUT2D eigenvalue weighted by molar-refractivity contribution is 0.229. The highest BCUT2D eigenvalue weighted by Crippen LogP contribution is 2.48. The molecule has 164 valence electrons. The molecule has 3 rings (SSSR count). The number of oxazole rings is 1. The van der Waals surface area contributed by atoms with Crippen LogP contribution >= 0.6 is 7.60 Å². The Labute approximate surface area is 182 Å². The lowest BCUT2D eigenvalue weighted by Gasteiger charge is -2.15. The molecule has 1 N–H and O–H groups in total. The molecule has 0 unspecified atom stereocenters. The summed E-state index contributed by atoms with van der Waals surface area (Å²) < 4.78 is 35.4. The second kappa shape index (κ2) is 11.0. The fourth-order valence-corrected chi connectivity index (χ4v) is 4.45. The Bertz CT molecular complexity index is 1020. The van der Waals surface area contributed by atoms with Gasteiger partial charge in [-0.05, 0) is 43.2 Å². The predicted octanol–water partition coefficient (Wildman–Crippen LogP) is 5.36. The molecule has 31 heavy (non-hydrogen) atoms. The Kier molecular flexibility index (Phi) is 8.06. The molecule has 0 aliphatic rings. The molecule has 7 nitrogen and oxygen atoms in total. The summed E-state index contributed by atoms with van der Waals surface area (Å²) in [6.07, 6.45) is 3.59. The van der Waals surface area contributed by atoms with Gasteiger partial charge in [-0.3, -0.25) is 4.57 Å². The van der Waals surface area contributed by atoms with Gasteiger partial charge in [0.15, 0.2) is 0 Å². The van der Waals surface area contributed by atoms with E-state index >= 15 is 0 Å². The van der Waals surface area contributed by atoms with Gasteiger partial charge in [0.05, 0.1) is 20.3 Å². The summed E-state index contributed by atoms with van der Waals surface area (Å²) >= 11 is 0. The largest absolute Gasteiger partial charge is 0.497 e. The molecule has 0 bridgehead atoms. The van der Waals surface area contributed by atoms with Gasteiger partial charge in [-0.25, -0.2) is 0 Å². The van der Waals surface area contributed by atoms with Gasteiger partial charge in [-0.1, -0.05) is 42.5 Å². The number of rotatable bonds is 11. The normalized spacial score (nSPS) is 11.7. The summed E-state index contributed by atoms with van der Waals surface area (Å²) in [5, 5.41) is 3.17. The van der Waals surface area contributed by atoms with Gasteiger partial charge in [0.1, 0.15) is 5.75 Å². The van der Waals surface area contributed by atoms with E-state index in [1.165, 1.54) is 0 Å². The maximum absolute atomic E-state index is 13.4. The minimum Gasteiger partial charge on any atom is -0.497 e. The van der Waals surface area contributed by atoms with E-state index in [1.807, 2.05) is 60.7 Å². The standard InChI is InChI=1S/C23H27N2O5P/c1-4-28-31(26,29-5-2)23-22(24-17-19-11-14-20(27-3)15-12-19)30-21(25-23)16-13-18-9-7-6-8-10-18/h6-16,24H,4-5,17H2,1-3H3/b16-13+. The second-order valence-corrected chi connectivity index (χ2v) is 8.42. The lowest BCUT2D eigenvalue weighted by atomic mass is 10.2. The fraction of sp³-hybridized carbons (Fsp3) is 0.261. The number of nitrogens with one attached hydrogen (secondary N) is 1. The average Bonchev–Trinajstić information content (AvgIpc) is 3.22. The Hall–Kier alpha value is -2.86. The third-order valence-corrected chi connectivity index (χ3v) is 6.33. The first-order valence-electron chi connectivity index (χ1n) is 10.1. The third kappa shape index (κ3) is 6.07. The molecule has 1 heterocycles. The molecular weight excluding hydrogens is 415 g/mol. The molecule has 0 fully saturated rings. The number of aromatic nitrogens is 1. The van der Waals surface area contributed by atoms with Crippen molar-refractivity contribution in [2.75, 3.05) is 25.6 Å². The Morgan fingerprint density at radius 2 is 1.68 bits per heavy atom. The molecule has 0 atom stereocenters. The van der Waals surface area contributed by atoms with E-state index in [-0.39, 0.29) is 24.5 Å². The van der Waals surface area contributed by atoms with Crippen LogP contribution in [0, 0.1) is 0 Å². The highest BCUT2D eigenvalue weighted by Gasteiger charge is 2.35. The molecule has 0 aliphatic heterocycles. The second-order valence-electron chi connectivity index (χ2n) is 6.48. The number of methoxy groups -OCH3 is 1. The molecule has 0 amide bonds. The van der Waals surface area contributed by atoms with Crippen LogP contribution in [0.3, 0.4) is 0 Å². The first-order valence-corrected chi connectivity index (χ1v) is 11.6. The van der Waals surface area contributed by atoms with Crippen LogP contribution in [-0.4, -0.2) is 25.3 Å². The number of ether oxygens (including phenoxy) is 1. The van der Waals surface area contributed by atoms with Crippen molar-refractivity contribution in [1.29, 1.82) is 0 Å². The van der Waals surface area contributed by atoms with Crippen LogP contribution in [0.2, 0.25) is 0 Å². The number of hydrogen-bond acceptors (Lipinski definition) is 7. The fourth-order valence-electron chi connectivity index (χ4n) is 2.86. The third-order valence-electron chi connectivity index (χ3n) is 4.31. The van der Waals surface area contributed by atoms with E-state index in [0.717, 1.165) is 16.9 Å². The van der Waals surface area contributed by atoms with Gasteiger partial charge < -0.3 is 23.5 Å². The number of hydrogen-bond donors (Lipinski definition) is 1. The molecule has 0 saturated carbocycles. The van der Waals surface area contributed by atoms with Crippen LogP contribution in [0.1, 0.15) is 30.9 Å². The molecule has 8 heteroatoms. The molecule has 3 aromatic rings. The number of nitrogens with zero attached hydrogens (tertiary/aromatic N) is 1. The summed E-state index contributed by atoms with van der Waals surface area (Å²) in [4.78, 5) is 4.43. The quantitative estimate of drug-likeness (QED) is 0.401. The predicted molar refractivity (Wildman–Crippen MR) is 123 cm³/mol. The van der Waals surface area contributed by atoms with E-state index in [4.69, 9.17) is 18.2 Å². The van der Waals surface area contributed by atoms with Crippen molar-refractivity contribution < 1.29 is 22.8 Å². The van der Waals surface area contributed by atoms with Crippen molar-refractivity contribution in [1.82, 2.24) is 4.98 Å². The van der Waals surface area contributed by atoms with Crippen LogP contribution in [0.5, 0.6) is 5.75 Å². The monoisotopic (exact) mass is 442 g/mol. The van der Waals surface area contributed by atoms with Gasteiger partial charge in [0.25, 0.3) is 0 Å². The highest BCUT2D eigenvalue weighted by molar-refractivity contribution is 7.62. The smallest absolute Gasteiger partial charge is 0.385 e.